The molecule has 0 fully saturated rings. The molecule has 2 atom stereocenters. The number of phenolic OH excluding ortho intramolecular Hbond substituents is 2. The van der Waals surface area contributed by atoms with Gasteiger partial charge in [0, 0.05) is 28.3 Å². The Morgan fingerprint density at radius 1 is 1.04 bits per heavy atom. The maximum atomic E-state index is 10.1. The molecule has 3 N–H and O–H groups in total. The van der Waals surface area contributed by atoms with Gasteiger partial charge >= 0.3 is 0 Å². The van der Waals surface area contributed by atoms with E-state index in [4.69, 9.17) is 0 Å². The third-order valence-electron chi connectivity index (χ3n) is 5.70. The molecule has 2 aromatic carbocycles. The lowest BCUT2D eigenvalue weighted by atomic mass is 9.74. The van der Waals surface area contributed by atoms with Crippen LogP contribution >= 0.6 is 11.3 Å². The van der Waals surface area contributed by atoms with E-state index in [0.29, 0.717) is 6.04 Å². The van der Waals surface area contributed by atoms with Crippen LogP contribution in [0.15, 0.2) is 42.5 Å². The van der Waals surface area contributed by atoms with E-state index in [-0.39, 0.29) is 17.4 Å². The van der Waals surface area contributed by atoms with Crippen molar-refractivity contribution in [1.82, 2.24) is 5.32 Å². The third-order valence-corrected chi connectivity index (χ3v) is 6.90. The second kappa shape index (κ2) is 5.86. The largest absolute Gasteiger partial charge is 0.504 e. The van der Waals surface area contributed by atoms with Crippen LogP contribution in [0.3, 0.4) is 0 Å². The highest BCUT2D eigenvalue weighted by molar-refractivity contribution is 7.15. The highest BCUT2D eigenvalue weighted by Crippen LogP contribution is 2.47. The van der Waals surface area contributed by atoms with Gasteiger partial charge in [-0.2, -0.15) is 0 Å². The van der Waals surface area contributed by atoms with E-state index in [0.717, 1.165) is 30.5 Å². The van der Waals surface area contributed by atoms with Gasteiger partial charge in [-0.25, -0.2) is 0 Å². The smallest absolute Gasteiger partial charge is 0.157 e. The van der Waals surface area contributed by atoms with E-state index in [1.807, 2.05) is 11.3 Å². The van der Waals surface area contributed by atoms with E-state index in [1.54, 1.807) is 12.1 Å². The molecule has 132 valence electrons. The van der Waals surface area contributed by atoms with Gasteiger partial charge in [-0.15, -0.1) is 11.3 Å². The van der Waals surface area contributed by atoms with Crippen LogP contribution in [0.5, 0.6) is 11.5 Å². The second-order valence-electron chi connectivity index (χ2n) is 7.40. The average Bonchev–Trinajstić information content (AvgIpc) is 3.07. The molecule has 0 saturated carbocycles. The number of thiophene rings is 1. The van der Waals surface area contributed by atoms with Crippen LogP contribution in [0.2, 0.25) is 0 Å². The maximum Gasteiger partial charge on any atom is 0.157 e. The normalized spacial score (nSPS) is 21.0. The van der Waals surface area contributed by atoms with Crippen LogP contribution < -0.4 is 5.32 Å². The van der Waals surface area contributed by atoms with Crippen LogP contribution in [0, 0.1) is 6.92 Å². The summed E-state index contributed by atoms with van der Waals surface area (Å²) in [7, 11) is 0. The van der Waals surface area contributed by atoms with Gasteiger partial charge in [-0.1, -0.05) is 29.8 Å². The second-order valence-corrected chi connectivity index (χ2v) is 8.54. The molecule has 5 rings (SSSR count). The van der Waals surface area contributed by atoms with Gasteiger partial charge < -0.3 is 15.5 Å². The molecule has 0 spiro atoms. The van der Waals surface area contributed by atoms with Gasteiger partial charge in [0.25, 0.3) is 0 Å². The first kappa shape index (κ1) is 15.9. The van der Waals surface area contributed by atoms with Gasteiger partial charge in [-0.3, -0.25) is 0 Å². The number of hydrogen-bond donors (Lipinski definition) is 3. The molecule has 0 bridgehead atoms. The molecule has 2 heterocycles. The number of rotatable bonds is 1. The van der Waals surface area contributed by atoms with Crippen LogP contribution in [0.25, 0.3) is 10.4 Å². The van der Waals surface area contributed by atoms with E-state index in [1.165, 1.54) is 26.4 Å². The average molecular weight is 363 g/mol. The SMILES string of the molecule is Cc1cccc(-c2cc3c(s2)CN[C@@H]2CCc4cc(O)c(O)cc4[C@@H]32)c1. The van der Waals surface area contributed by atoms with Crippen molar-refractivity contribution in [2.45, 2.75) is 38.3 Å². The molecule has 0 amide bonds. The molecular formula is C22H21NO2S. The first-order chi connectivity index (χ1) is 12.6. The summed E-state index contributed by atoms with van der Waals surface area (Å²) in [4.78, 5) is 2.68. The van der Waals surface area contributed by atoms with E-state index < -0.39 is 0 Å². The number of aryl methyl sites for hydroxylation is 2. The molecule has 0 radical (unpaired) electrons. The van der Waals surface area contributed by atoms with Gasteiger partial charge in [-0.05, 0) is 60.2 Å². The Kier molecular flexibility index (Phi) is 3.59. The zero-order valence-electron chi connectivity index (χ0n) is 14.6. The molecule has 0 saturated heterocycles. The lowest BCUT2D eigenvalue weighted by Gasteiger charge is -2.38. The van der Waals surface area contributed by atoms with Crippen molar-refractivity contribution >= 4 is 11.3 Å². The summed E-state index contributed by atoms with van der Waals surface area (Å²) in [5.74, 6) is 0.200. The van der Waals surface area contributed by atoms with E-state index >= 15 is 0 Å². The summed E-state index contributed by atoms with van der Waals surface area (Å²) < 4.78 is 0. The Labute approximate surface area is 157 Å². The predicted molar refractivity (Wildman–Crippen MR) is 105 cm³/mol. The Hall–Kier alpha value is -2.30. The Balaban J connectivity index is 1.64. The lowest BCUT2D eigenvalue weighted by Crippen LogP contribution is -2.41. The minimum absolute atomic E-state index is 0.0167. The Morgan fingerprint density at radius 2 is 1.88 bits per heavy atom. The van der Waals surface area contributed by atoms with E-state index in [2.05, 4.69) is 42.6 Å². The minimum atomic E-state index is -0.0225. The molecule has 3 aromatic rings. The maximum absolute atomic E-state index is 10.1. The predicted octanol–water partition coefficient (Wildman–Crippen LogP) is 4.68. The number of phenols is 2. The first-order valence-corrected chi connectivity index (χ1v) is 9.89. The number of benzene rings is 2. The van der Waals surface area contributed by atoms with E-state index in [9.17, 15) is 10.2 Å². The summed E-state index contributed by atoms with van der Waals surface area (Å²) in [6.45, 7) is 3.04. The fourth-order valence-electron chi connectivity index (χ4n) is 4.45. The zero-order chi connectivity index (χ0) is 17.8. The molecule has 1 aromatic heterocycles. The minimum Gasteiger partial charge on any atom is -0.504 e. The highest BCUT2D eigenvalue weighted by atomic mass is 32.1. The number of aromatic hydroxyl groups is 2. The Bertz CT molecular complexity index is 1010. The first-order valence-electron chi connectivity index (χ1n) is 9.08. The van der Waals surface area contributed by atoms with Crippen molar-refractivity contribution in [1.29, 1.82) is 0 Å². The fraction of sp³-hybridized carbons (Fsp3) is 0.273. The fourth-order valence-corrected chi connectivity index (χ4v) is 5.60. The molecule has 0 unspecified atom stereocenters. The van der Waals surface area contributed by atoms with Crippen LogP contribution in [-0.2, 0) is 13.0 Å². The third kappa shape index (κ3) is 2.44. The standard InChI is InChI=1S/C22H21NO2S/c1-12-3-2-4-14(7-12)20-10-16-21(26-20)11-23-17-6-5-13-8-18(24)19(25)9-15(13)22(16)17/h2-4,7-10,17,22-25H,5-6,11H2,1H3/t17-,22+/m1/s1. The number of fused-ring (bicyclic) bond motifs is 5. The quantitative estimate of drug-likeness (QED) is 0.550. The highest BCUT2D eigenvalue weighted by Gasteiger charge is 2.36. The Morgan fingerprint density at radius 3 is 2.73 bits per heavy atom. The van der Waals surface area contributed by atoms with Crippen LogP contribution in [0.4, 0.5) is 0 Å². The van der Waals surface area contributed by atoms with Crippen molar-refractivity contribution < 1.29 is 10.2 Å². The molecule has 2 aliphatic rings. The molecule has 1 aliphatic heterocycles. The van der Waals surface area contributed by atoms with Crippen LogP contribution in [0.1, 0.15) is 39.5 Å². The van der Waals surface area contributed by atoms with Gasteiger partial charge in [0.15, 0.2) is 11.5 Å². The summed E-state index contributed by atoms with van der Waals surface area (Å²) in [6.07, 6.45) is 1.98. The van der Waals surface area contributed by atoms with Crippen molar-refractivity contribution in [3.05, 3.63) is 69.6 Å². The monoisotopic (exact) mass is 363 g/mol. The van der Waals surface area contributed by atoms with Gasteiger partial charge in [0.05, 0.1) is 0 Å². The summed E-state index contributed by atoms with van der Waals surface area (Å²) in [5, 5.41) is 23.6. The van der Waals surface area contributed by atoms with Crippen molar-refractivity contribution in [3.8, 4) is 21.9 Å². The molecule has 3 nitrogen and oxygen atoms in total. The van der Waals surface area contributed by atoms with Gasteiger partial charge in [0.1, 0.15) is 0 Å². The van der Waals surface area contributed by atoms with Crippen LogP contribution in [-0.4, -0.2) is 16.3 Å². The zero-order valence-corrected chi connectivity index (χ0v) is 15.4. The lowest BCUT2D eigenvalue weighted by molar-refractivity contribution is 0.382. The van der Waals surface area contributed by atoms with Gasteiger partial charge in [0.2, 0.25) is 0 Å². The summed E-state index contributed by atoms with van der Waals surface area (Å²) in [5.41, 5.74) is 6.22. The topological polar surface area (TPSA) is 52.5 Å². The molecule has 1 aliphatic carbocycles. The van der Waals surface area contributed by atoms with Crippen molar-refractivity contribution in [2.75, 3.05) is 0 Å². The molecule has 26 heavy (non-hydrogen) atoms. The van der Waals surface area contributed by atoms with Crippen molar-refractivity contribution in [2.24, 2.45) is 0 Å². The molecule has 4 heteroatoms. The molecular weight excluding hydrogens is 342 g/mol. The summed E-state index contributed by atoms with van der Waals surface area (Å²) >= 11 is 1.86. The number of nitrogens with one attached hydrogen (secondary N) is 1. The summed E-state index contributed by atoms with van der Waals surface area (Å²) in [6, 6.07) is 14.9. The number of hydrogen-bond acceptors (Lipinski definition) is 4. The van der Waals surface area contributed by atoms with Crippen molar-refractivity contribution in [3.63, 3.8) is 0 Å².